The molecule has 0 saturated carbocycles. The molecule has 0 aliphatic carbocycles. The Morgan fingerprint density at radius 1 is 1.30 bits per heavy atom. The predicted molar refractivity (Wildman–Crippen MR) is 103 cm³/mol. The first-order valence-electron chi connectivity index (χ1n) is 9.19. The molecule has 1 atom stereocenters. The van der Waals surface area contributed by atoms with E-state index in [0.29, 0.717) is 24.5 Å². The second kappa shape index (κ2) is 8.62. The van der Waals surface area contributed by atoms with Gasteiger partial charge in [-0.15, -0.1) is 0 Å². The standard InChI is InChI=1S/C20H24N4O3/c1-3-27-20(26)15-8-9-17(22-12-15)24-11-5-7-16(13-24)19(25)23-18-14(2)6-4-10-21-18/h4,6,8-10,12,16H,3,5,7,11,13H2,1-2H3,(H,21,23,25). The van der Waals surface area contributed by atoms with Crippen molar-refractivity contribution in [3.8, 4) is 0 Å². The predicted octanol–water partition coefficient (Wildman–Crippen LogP) is 2.82. The number of nitrogens with zero attached hydrogens (tertiary/aromatic N) is 3. The van der Waals surface area contributed by atoms with E-state index in [1.165, 1.54) is 6.20 Å². The van der Waals surface area contributed by atoms with E-state index in [0.717, 1.165) is 30.8 Å². The lowest BCUT2D eigenvalue weighted by Crippen LogP contribution is -2.41. The van der Waals surface area contributed by atoms with Crippen LogP contribution in [0.2, 0.25) is 0 Å². The smallest absolute Gasteiger partial charge is 0.339 e. The molecular weight excluding hydrogens is 344 g/mol. The molecule has 1 aliphatic rings. The van der Waals surface area contributed by atoms with Crippen LogP contribution in [-0.2, 0) is 9.53 Å². The van der Waals surface area contributed by atoms with Gasteiger partial charge in [0.05, 0.1) is 18.1 Å². The van der Waals surface area contributed by atoms with Crippen molar-refractivity contribution in [3.63, 3.8) is 0 Å². The highest BCUT2D eigenvalue weighted by atomic mass is 16.5. The third-order valence-electron chi connectivity index (χ3n) is 4.63. The van der Waals surface area contributed by atoms with Crippen molar-refractivity contribution in [2.45, 2.75) is 26.7 Å². The molecule has 7 heteroatoms. The fourth-order valence-corrected chi connectivity index (χ4v) is 3.14. The van der Waals surface area contributed by atoms with Crippen LogP contribution in [0.25, 0.3) is 0 Å². The van der Waals surface area contributed by atoms with E-state index in [1.54, 1.807) is 25.3 Å². The van der Waals surface area contributed by atoms with Crippen molar-refractivity contribution in [1.29, 1.82) is 0 Å². The van der Waals surface area contributed by atoms with Crippen LogP contribution < -0.4 is 10.2 Å². The summed E-state index contributed by atoms with van der Waals surface area (Å²) in [6.45, 7) is 5.44. The van der Waals surface area contributed by atoms with Crippen molar-refractivity contribution in [2.75, 3.05) is 29.9 Å². The van der Waals surface area contributed by atoms with Gasteiger partial charge in [0, 0.05) is 25.5 Å². The topological polar surface area (TPSA) is 84.4 Å². The number of piperidine rings is 1. The van der Waals surface area contributed by atoms with Crippen molar-refractivity contribution in [1.82, 2.24) is 9.97 Å². The molecule has 3 rings (SSSR count). The largest absolute Gasteiger partial charge is 0.462 e. The molecule has 0 bridgehead atoms. The monoisotopic (exact) mass is 368 g/mol. The van der Waals surface area contributed by atoms with Gasteiger partial charge < -0.3 is 15.0 Å². The Hall–Kier alpha value is -2.96. The van der Waals surface area contributed by atoms with Gasteiger partial charge in [-0.05, 0) is 50.5 Å². The van der Waals surface area contributed by atoms with E-state index in [-0.39, 0.29) is 17.8 Å². The first-order chi connectivity index (χ1) is 13.1. The highest BCUT2D eigenvalue weighted by Gasteiger charge is 2.27. The number of hydrogen-bond acceptors (Lipinski definition) is 6. The maximum absolute atomic E-state index is 12.7. The van der Waals surface area contributed by atoms with Gasteiger partial charge in [-0.25, -0.2) is 14.8 Å². The lowest BCUT2D eigenvalue weighted by Gasteiger charge is -2.32. The molecule has 1 unspecified atom stereocenters. The Bertz CT molecular complexity index is 807. The molecule has 1 saturated heterocycles. The number of nitrogens with one attached hydrogen (secondary N) is 1. The SMILES string of the molecule is CCOC(=O)c1ccc(N2CCCC(C(=O)Nc3ncccc3C)C2)nc1. The van der Waals surface area contributed by atoms with E-state index < -0.39 is 0 Å². The minimum absolute atomic E-state index is 0.0235. The van der Waals surface area contributed by atoms with E-state index in [1.807, 2.05) is 19.1 Å². The number of hydrogen-bond donors (Lipinski definition) is 1. The second-order valence-corrected chi connectivity index (χ2v) is 6.57. The average Bonchev–Trinajstić information content (AvgIpc) is 2.70. The number of amides is 1. The maximum Gasteiger partial charge on any atom is 0.339 e. The number of ether oxygens (including phenoxy) is 1. The lowest BCUT2D eigenvalue weighted by molar-refractivity contribution is -0.120. The average molecular weight is 368 g/mol. The molecule has 27 heavy (non-hydrogen) atoms. The van der Waals surface area contributed by atoms with Crippen LogP contribution in [0.1, 0.15) is 35.7 Å². The third-order valence-corrected chi connectivity index (χ3v) is 4.63. The summed E-state index contributed by atoms with van der Waals surface area (Å²) in [6.07, 6.45) is 4.93. The minimum Gasteiger partial charge on any atom is -0.462 e. The molecule has 2 aromatic heterocycles. The van der Waals surface area contributed by atoms with Gasteiger partial charge in [0.1, 0.15) is 11.6 Å². The minimum atomic E-state index is -0.377. The Balaban J connectivity index is 1.64. The zero-order chi connectivity index (χ0) is 19.2. The van der Waals surface area contributed by atoms with Crippen molar-refractivity contribution in [3.05, 3.63) is 47.8 Å². The van der Waals surface area contributed by atoms with Gasteiger partial charge in [-0.2, -0.15) is 0 Å². The van der Waals surface area contributed by atoms with Crippen molar-refractivity contribution < 1.29 is 14.3 Å². The van der Waals surface area contributed by atoms with Crippen LogP contribution in [0.15, 0.2) is 36.7 Å². The normalized spacial score (nSPS) is 16.7. The fraction of sp³-hybridized carbons (Fsp3) is 0.400. The number of carbonyl (C=O) groups is 2. The van der Waals surface area contributed by atoms with Crippen LogP contribution in [-0.4, -0.2) is 41.5 Å². The van der Waals surface area contributed by atoms with Gasteiger partial charge in [-0.1, -0.05) is 6.07 Å². The highest BCUT2D eigenvalue weighted by Crippen LogP contribution is 2.23. The van der Waals surface area contributed by atoms with Crippen molar-refractivity contribution >= 4 is 23.5 Å². The van der Waals surface area contributed by atoms with Crippen LogP contribution in [0.3, 0.4) is 0 Å². The first kappa shape index (κ1) is 18.8. The van der Waals surface area contributed by atoms with Gasteiger partial charge in [0.2, 0.25) is 5.91 Å². The van der Waals surface area contributed by atoms with Gasteiger partial charge >= 0.3 is 5.97 Å². The summed E-state index contributed by atoms with van der Waals surface area (Å²) in [7, 11) is 0. The zero-order valence-corrected chi connectivity index (χ0v) is 15.6. The summed E-state index contributed by atoms with van der Waals surface area (Å²) >= 11 is 0. The summed E-state index contributed by atoms with van der Waals surface area (Å²) in [4.78, 5) is 35.1. The fourth-order valence-electron chi connectivity index (χ4n) is 3.14. The van der Waals surface area contributed by atoms with Crippen LogP contribution in [0, 0.1) is 12.8 Å². The summed E-state index contributed by atoms with van der Waals surface area (Å²) in [6, 6.07) is 7.28. The molecule has 1 fully saturated rings. The molecule has 0 spiro atoms. The van der Waals surface area contributed by atoms with Gasteiger partial charge in [0.25, 0.3) is 0 Å². The maximum atomic E-state index is 12.7. The van der Waals surface area contributed by atoms with Crippen LogP contribution >= 0.6 is 0 Å². The first-order valence-corrected chi connectivity index (χ1v) is 9.19. The quantitative estimate of drug-likeness (QED) is 0.817. The number of esters is 1. The molecule has 1 N–H and O–H groups in total. The third kappa shape index (κ3) is 4.61. The molecular formula is C20H24N4O3. The molecule has 7 nitrogen and oxygen atoms in total. The Morgan fingerprint density at radius 2 is 2.15 bits per heavy atom. The lowest BCUT2D eigenvalue weighted by atomic mass is 9.97. The highest BCUT2D eigenvalue weighted by molar-refractivity contribution is 5.93. The van der Waals surface area contributed by atoms with Gasteiger partial charge in [-0.3, -0.25) is 4.79 Å². The zero-order valence-electron chi connectivity index (χ0n) is 15.6. The van der Waals surface area contributed by atoms with E-state index in [9.17, 15) is 9.59 Å². The summed E-state index contributed by atoms with van der Waals surface area (Å²) in [5.74, 6) is 0.834. The number of aromatic nitrogens is 2. The molecule has 3 heterocycles. The van der Waals surface area contributed by atoms with Crippen LogP contribution in [0.5, 0.6) is 0 Å². The van der Waals surface area contributed by atoms with Gasteiger partial charge in [0.15, 0.2) is 0 Å². The molecule has 1 amide bonds. The number of carbonyl (C=O) groups excluding carboxylic acids is 2. The van der Waals surface area contributed by atoms with E-state index >= 15 is 0 Å². The number of anilines is 2. The Morgan fingerprint density at radius 3 is 2.85 bits per heavy atom. The van der Waals surface area contributed by atoms with E-state index in [4.69, 9.17) is 4.74 Å². The molecule has 2 aromatic rings. The summed E-state index contributed by atoms with van der Waals surface area (Å²) < 4.78 is 4.98. The van der Waals surface area contributed by atoms with E-state index in [2.05, 4.69) is 20.2 Å². The molecule has 0 radical (unpaired) electrons. The number of pyridine rings is 2. The molecule has 142 valence electrons. The molecule has 1 aliphatic heterocycles. The Kier molecular flexibility index (Phi) is 6.01. The van der Waals surface area contributed by atoms with Crippen LogP contribution in [0.4, 0.5) is 11.6 Å². The Labute approximate surface area is 158 Å². The number of rotatable bonds is 5. The molecule has 0 aromatic carbocycles. The summed E-state index contributed by atoms with van der Waals surface area (Å²) in [5, 5.41) is 2.93. The second-order valence-electron chi connectivity index (χ2n) is 6.57. The number of aryl methyl sites for hydroxylation is 1. The van der Waals surface area contributed by atoms with Crippen molar-refractivity contribution in [2.24, 2.45) is 5.92 Å². The summed E-state index contributed by atoms with van der Waals surface area (Å²) in [5.41, 5.74) is 1.37.